The van der Waals surface area contributed by atoms with Gasteiger partial charge in [0.2, 0.25) is 5.91 Å². The highest BCUT2D eigenvalue weighted by Crippen LogP contribution is 2.43. The number of carbonyl (C=O) groups excluding carboxylic acids is 1. The Morgan fingerprint density at radius 3 is 1.88 bits per heavy atom. The van der Waals surface area contributed by atoms with Gasteiger partial charge in [-0.2, -0.15) is 0 Å². The SMILES string of the molecule is CCCCOP(=O)(NC(C)=O)OCCCC. The highest BCUT2D eigenvalue weighted by Gasteiger charge is 2.25. The average molecular weight is 251 g/mol. The van der Waals surface area contributed by atoms with Crippen LogP contribution in [0.1, 0.15) is 46.5 Å². The first-order valence-electron chi connectivity index (χ1n) is 5.72. The molecule has 0 heterocycles. The van der Waals surface area contributed by atoms with Crippen LogP contribution < -0.4 is 5.09 Å². The molecule has 0 saturated carbocycles. The second-order valence-corrected chi connectivity index (χ2v) is 5.27. The highest BCUT2D eigenvalue weighted by molar-refractivity contribution is 7.52. The van der Waals surface area contributed by atoms with Gasteiger partial charge in [-0.15, -0.1) is 0 Å². The van der Waals surface area contributed by atoms with Crippen molar-refractivity contribution < 1.29 is 18.4 Å². The zero-order chi connectivity index (χ0) is 12.4. The number of unbranched alkanes of at least 4 members (excludes halogenated alkanes) is 2. The minimum atomic E-state index is -3.43. The van der Waals surface area contributed by atoms with Gasteiger partial charge in [0.1, 0.15) is 0 Å². The quantitative estimate of drug-likeness (QED) is 0.505. The van der Waals surface area contributed by atoms with Gasteiger partial charge in [0, 0.05) is 6.92 Å². The lowest BCUT2D eigenvalue weighted by molar-refractivity contribution is -0.117. The van der Waals surface area contributed by atoms with E-state index in [9.17, 15) is 9.36 Å². The van der Waals surface area contributed by atoms with Gasteiger partial charge < -0.3 is 0 Å². The summed E-state index contributed by atoms with van der Waals surface area (Å²) in [5.74, 6) is -0.406. The summed E-state index contributed by atoms with van der Waals surface area (Å²) >= 11 is 0. The summed E-state index contributed by atoms with van der Waals surface area (Å²) in [6.45, 7) is 5.97. The summed E-state index contributed by atoms with van der Waals surface area (Å²) in [6.07, 6.45) is 3.46. The summed E-state index contributed by atoms with van der Waals surface area (Å²) in [6, 6.07) is 0. The molecule has 0 atom stereocenters. The maximum absolute atomic E-state index is 12.0. The van der Waals surface area contributed by atoms with E-state index in [2.05, 4.69) is 5.09 Å². The molecule has 0 fully saturated rings. The van der Waals surface area contributed by atoms with Crippen LogP contribution in [0.5, 0.6) is 0 Å². The molecule has 0 aromatic heterocycles. The Kier molecular flexibility index (Phi) is 8.53. The van der Waals surface area contributed by atoms with Gasteiger partial charge in [0.15, 0.2) is 0 Å². The fourth-order valence-electron chi connectivity index (χ4n) is 0.953. The Morgan fingerprint density at radius 1 is 1.12 bits per heavy atom. The molecule has 5 nitrogen and oxygen atoms in total. The van der Waals surface area contributed by atoms with Crippen molar-refractivity contribution in [1.29, 1.82) is 0 Å². The average Bonchev–Trinajstić information content (AvgIpc) is 2.17. The second kappa shape index (κ2) is 8.74. The predicted octanol–water partition coefficient (Wildman–Crippen LogP) is 2.86. The lowest BCUT2D eigenvalue weighted by Gasteiger charge is -2.18. The van der Waals surface area contributed by atoms with Crippen LogP contribution in [-0.2, 0) is 18.4 Å². The molecule has 0 rings (SSSR count). The van der Waals surface area contributed by atoms with Crippen LogP contribution in [0.4, 0.5) is 0 Å². The molecule has 0 spiro atoms. The third-order valence-electron chi connectivity index (χ3n) is 1.81. The lowest BCUT2D eigenvalue weighted by atomic mass is 10.4. The first-order valence-corrected chi connectivity index (χ1v) is 7.26. The van der Waals surface area contributed by atoms with Gasteiger partial charge in [-0.25, -0.2) is 4.57 Å². The molecule has 0 bridgehead atoms. The van der Waals surface area contributed by atoms with Gasteiger partial charge in [-0.3, -0.25) is 18.9 Å². The van der Waals surface area contributed by atoms with E-state index in [0.717, 1.165) is 25.7 Å². The van der Waals surface area contributed by atoms with Crippen LogP contribution >= 0.6 is 7.75 Å². The number of amides is 1. The number of hydrogen-bond acceptors (Lipinski definition) is 4. The second-order valence-electron chi connectivity index (χ2n) is 3.54. The van der Waals surface area contributed by atoms with Gasteiger partial charge >= 0.3 is 7.75 Å². The van der Waals surface area contributed by atoms with Crippen molar-refractivity contribution in [3.63, 3.8) is 0 Å². The smallest absolute Gasteiger partial charge is 0.292 e. The van der Waals surface area contributed by atoms with Gasteiger partial charge in [-0.1, -0.05) is 26.7 Å². The summed E-state index contributed by atoms with van der Waals surface area (Å²) < 4.78 is 22.3. The van der Waals surface area contributed by atoms with Crippen LogP contribution in [0.3, 0.4) is 0 Å². The number of rotatable bonds is 9. The topological polar surface area (TPSA) is 64.6 Å². The maximum Gasteiger partial charge on any atom is 0.434 e. The third kappa shape index (κ3) is 7.85. The summed E-state index contributed by atoms with van der Waals surface area (Å²) in [4.78, 5) is 10.9. The molecule has 0 aliphatic carbocycles. The molecule has 0 aromatic rings. The van der Waals surface area contributed by atoms with Crippen molar-refractivity contribution >= 4 is 13.7 Å². The maximum atomic E-state index is 12.0. The molecule has 0 aliphatic rings. The Balaban J connectivity index is 4.13. The lowest BCUT2D eigenvalue weighted by Crippen LogP contribution is -2.20. The fourth-order valence-corrected chi connectivity index (χ4v) is 2.28. The highest BCUT2D eigenvalue weighted by atomic mass is 31.2. The molecule has 16 heavy (non-hydrogen) atoms. The molecule has 0 aliphatic heterocycles. The van der Waals surface area contributed by atoms with E-state index >= 15 is 0 Å². The molecule has 6 heteroatoms. The van der Waals surface area contributed by atoms with Crippen molar-refractivity contribution in [1.82, 2.24) is 5.09 Å². The Hall–Kier alpha value is -0.380. The molecule has 1 amide bonds. The van der Waals surface area contributed by atoms with E-state index in [0.29, 0.717) is 13.2 Å². The summed E-state index contributed by atoms with van der Waals surface area (Å²) in [7, 11) is -3.43. The monoisotopic (exact) mass is 251 g/mol. The Morgan fingerprint density at radius 2 is 1.56 bits per heavy atom. The van der Waals surface area contributed by atoms with E-state index in [4.69, 9.17) is 9.05 Å². The van der Waals surface area contributed by atoms with E-state index in [1.807, 2.05) is 13.8 Å². The van der Waals surface area contributed by atoms with Crippen LogP contribution in [0, 0.1) is 0 Å². The number of carbonyl (C=O) groups is 1. The number of nitrogens with one attached hydrogen (secondary N) is 1. The molecule has 96 valence electrons. The van der Waals surface area contributed by atoms with E-state index < -0.39 is 13.7 Å². The molecule has 0 saturated heterocycles. The van der Waals surface area contributed by atoms with Crippen molar-refractivity contribution in [3.05, 3.63) is 0 Å². The molecule has 0 aromatic carbocycles. The van der Waals surface area contributed by atoms with Crippen molar-refractivity contribution in [3.8, 4) is 0 Å². The van der Waals surface area contributed by atoms with Crippen LogP contribution in [0.2, 0.25) is 0 Å². The van der Waals surface area contributed by atoms with Gasteiger partial charge in [0.05, 0.1) is 13.2 Å². The van der Waals surface area contributed by atoms with Gasteiger partial charge in [-0.05, 0) is 12.8 Å². The standard InChI is InChI=1S/C10H22NO4P/c1-4-6-8-14-16(13,11-10(3)12)15-9-7-5-2/h4-9H2,1-3H3,(H,11,12,13). The normalized spacial score (nSPS) is 11.4. The Labute approximate surface area is 97.5 Å². The Bertz CT molecular complexity index is 231. The zero-order valence-corrected chi connectivity index (χ0v) is 11.2. The van der Waals surface area contributed by atoms with Gasteiger partial charge in [0.25, 0.3) is 0 Å². The first kappa shape index (κ1) is 15.6. The van der Waals surface area contributed by atoms with Crippen LogP contribution in [0.25, 0.3) is 0 Å². The van der Waals surface area contributed by atoms with Crippen LogP contribution in [0.15, 0.2) is 0 Å². The van der Waals surface area contributed by atoms with E-state index in [1.165, 1.54) is 6.92 Å². The summed E-state index contributed by atoms with van der Waals surface area (Å²) in [5, 5.41) is 2.25. The third-order valence-corrected chi connectivity index (χ3v) is 3.45. The predicted molar refractivity (Wildman–Crippen MR) is 63.1 cm³/mol. The van der Waals surface area contributed by atoms with E-state index in [-0.39, 0.29) is 0 Å². The minimum absolute atomic E-state index is 0.334. The molecular formula is C10H22NO4P. The minimum Gasteiger partial charge on any atom is -0.292 e. The molecule has 0 unspecified atom stereocenters. The molecular weight excluding hydrogens is 229 g/mol. The van der Waals surface area contributed by atoms with Crippen LogP contribution in [-0.4, -0.2) is 19.1 Å². The molecule has 0 radical (unpaired) electrons. The van der Waals surface area contributed by atoms with Crippen molar-refractivity contribution in [2.24, 2.45) is 0 Å². The van der Waals surface area contributed by atoms with E-state index in [1.54, 1.807) is 0 Å². The van der Waals surface area contributed by atoms with Crippen molar-refractivity contribution in [2.75, 3.05) is 13.2 Å². The van der Waals surface area contributed by atoms with Crippen molar-refractivity contribution in [2.45, 2.75) is 46.5 Å². The molecule has 1 N–H and O–H groups in total. The zero-order valence-electron chi connectivity index (χ0n) is 10.3. The first-order chi connectivity index (χ1) is 7.54. The number of hydrogen-bond donors (Lipinski definition) is 1. The largest absolute Gasteiger partial charge is 0.434 e. The fraction of sp³-hybridized carbons (Fsp3) is 0.900. The summed E-state index contributed by atoms with van der Waals surface area (Å²) in [5.41, 5.74) is 0.